The highest BCUT2D eigenvalue weighted by Crippen LogP contribution is 2.26. The summed E-state index contributed by atoms with van der Waals surface area (Å²) in [7, 11) is 0. The summed E-state index contributed by atoms with van der Waals surface area (Å²) in [6.07, 6.45) is 0. The van der Waals surface area contributed by atoms with Gasteiger partial charge in [0.25, 0.3) is 5.91 Å². The molecule has 0 saturated heterocycles. The third-order valence-electron chi connectivity index (χ3n) is 2.67. The first-order valence-corrected chi connectivity index (χ1v) is 6.09. The van der Waals surface area contributed by atoms with Crippen molar-refractivity contribution in [2.45, 2.75) is 0 Å². The fraction of sp³-hybridized carbons (Fsp3) is 0. The van der Waals surface area contributed by atoms with Crippen LogP contribution in [0.25, 0.3) is 0 Å². The van der Waals surface area contributed by atoms with Gasteiger partial charge in [-0.25, -0.2) is 9.18 Å². The van der Waals surface area contributed by atoms with Gasteiger partial charge in [0, 0.05) is 0 Å². The molecule has 0 unspecified atom stereocenters. The van der Waals surface area contributed by atoms with E-state index in [1.54, 1.807) is 0 Å². The van der Waals surface area contributed by atoms with Crippen molar-refractivity contribution in [2.24, 2.45) is 0 Å². The van der Waals surface area contributed by atoms with Crippen LogP contribution in [0.3, 0.4) is 0 Å². The lowest BCUT2D eigenvalue weighted by Gasteiger charge is -2.09. The average molecular weight is 310 g/mol. The van der Waals surface area contributed by atoms with Crippen LogP contribution >= 0.6 is 11.6 Å². The number of phenolic OH excluding ortho intramolecular Hbond substituents is 1. The van der Waals surface area contributed by atoms with E-state index in [0.717, 1.165) is 24.3 Å². The molecule has 0 fully saturated rings. The molecule has 0 aliphatic carbocycles. The Hall–Kier alpha value is -2.60. The summed E-state index contributed by atoms with van der Waals surface area (Å²) in [5, 5.41) is 20.7. The Labute approximate surface area is 123 Å². The van der Waals surface area contributed by atoms with Crippen molar-refractivity contribution in [1.29, 1.82) is 0 Å². The van der Waals surface area contributed by atoms with Crippen molar-refractivity contribution in [3.63, 3.8) is 0 Å². The number of amides is 1. The molecular formula is C14H9ClFNO4. The molecule has 0 radical (unpaired) electrons. The van der Waals surface area contributed by atoms with Crippen LogP contribution in [0, 0.1) is 5.82 Å². The maximum absolute atomic E-state index is 12.9. The number of hydrogen-bond donors (Lipinski definition) is 3. The number of nitrogens with one attached hydrogen (secondary N) is 1. The monoisotopic (exact) mass is 309 g/mol. The summed E-state index contributed by atoms with van der Waals surface area (Å²) < 4.78 is 12.9. The molecule has 1 amide bonds. The number of hydrogen-bond acceptors (Lipinski definition) is 3. The zero-order valence-corrected chi connectivity index (χ0v) is 11.2. The molecule has 0 saturated carbocycles. The highest BCUT2D eigenvalue weighted by atomic mass is 35.5. The zero-order valence-electron chi connectivity index (χ0n) is 10.4. The first-order valence-electron chi connectivity index (χ1n) is 5.71. The molecule has 2 aromatic carbocycles. The van der Waals surface area contributed by atoms with Crippen LogP contribution in [0.4, 0.5) is 10.1 Å². The topological polar surface area (TPSA) is 86.6 Å². The molecular weight excluding hydrogens is 301 g/mol. The van der Waals surface area contributed by atoms with Crippen LogP contribution in [0.2, 0.25) is 5.02 Å². The number of anilines is 1. The van der Waals surface area contributed by atoms with Gasteiger partial charge in [0.2, 0.25) is 0 Å². The number of carboxylic acid groups (broad SMARTS) is 1. The normalized spacial score (nSPS) is 10.2. The van der Waals surface area contributed by atoms with E-state index in [0.29, 0.717) is 0 Å². The molecule has 108 valence electrons. The molecule has 7 heteroatoms. The van der Waals surface area contributed by atoms with Gasteiger partial charge in [0.15, 0.2) is 0 Å². The van der Waals surface area contributed by atoms with Crippen molar-refractivity contribution < 1.29 is 24.2 Å². The van der Waals surface area contributed by atoms with Gasteiger partial charge < -0.3 is 15.5 Å². The van der Waals surface area contributed by atoms with Gasteiger partial charge in [-0.05, 0) is 36.4 Å². The second-order valence-corrected chi connectivity index (χ2v) is 4.52. The van der Waals surface area contributed by atoms with E-state index >= 15 is 0 Å². The van der Waals surface area contributed by atoms with Crippen molar-refractivity contribution in [3.05, 3.63) is 58.4 Å². The number of aromatic carboxylic acids is 1. The van der Waals surface area contributed by atoms with E-state index in [9.17, 15) is 19.1 Å². The highest BCUT2D eigenvalue weighted by Gasteiger charge is 2.14. The number of aromatic hydroxyl groups is 1. The lowest BCUT2D eigenvalue weighted by Crippen LogP contribution is -2.13. The van der Waals surface area contributed by atoms with Gasteiger partial charge in [0.05, 0.1) is 21.8 Å². The van der Waals surface area contributed by atoms with Gasteiger partial charge in [-0.15, -0.1) is 0 Å². The van der Waals surface area contributed by atoms with Crippen molar-refractivity contribution in [1.82, 2.24) is 0 Å². The van der Waals surface area contributed by atoms with Crippen LogP contribution in [-0.2, 0) is 0 Å². The van der Waals surface area contributed by atoms with Crippen molar-refractivity contribution in [3.8, 4) is 5.75 Å². The molecule has 0 aliphatic rings. The predicted molar refractivity (Wildman–Crippen MR) is 74.4 cm³/mol. The molecule has 0 bridgehead atoms. The number of halogens is 2. The second-order valence-electron chi connectivity index (χ2n) is 4.12. The van der Waals surface area contributed by atoms with E-state index < -0.39 is 17.7 Å². The third-order valence-corrected chi connectivity index (χ3v) is 2.98. The smallest absolute Gasteiger partial charge is 0.335 e. The van der Waals surface area contributed by atoms with Crippen LogP contribution in [-0.4, -0.2) is 22.1 Å². The van der Waals surface area contributed by atoms with Gasteiger partial charge in [-0.3, -0.25) is 4.79 Å². The summed E-state index contributed by atoms with van der Waals surface area (Å²) >= 11 is 5.75. The molecule has 0 atom stereocenters. The van der Waals surface area contributed by atoms with Crippen LogP contribution in [0.1, 0.15) is 20.7 Å². The number of phenols is 1. The molecule has 0 heterocycles. The Morgan fingerprint density at radius 3 is 2.48 bits per heavy atom. The van der Waals surface area contributed by atoms with E-state index in [-0.39, 0.29) is 27.6 Å². The van der Waals surface area contributed by atoms with E-state index in [4.69, 9.17) is 16.7 Å². The summed E-state index contributed by atoms with van der Waals surface area (Å²) in [6.45, 7) is 0. The maximum atomic E-state index is 12.9. The molecule has 21 heavy (non-hydrogen) atoms. The summed E-state index contributed by atoms with van der Waals surface area (Å²) in [4.78, 5) is 22.9. The quantitative estimate of drug-likeness (QED) is 0.760. The van der Waals surface area contributed by atoms with Crippen molar-refractivity contribution >= 4 is 29.2 Å². The minimum atomic E-state index is -1.20. The zero-order chi connectivity index (χ0) is 15.6. The average Bonchev–Trinajstić information content (AvgIpc) is 2.40. The number of carbonyl (C=O) groups excluding carboxylic acids is 1. The Kier molecular flexibility index (Phi) is 4.09. The molecule has 2 aromatic rings. The first kappa shape index (κ1) is 14.8. The van der Waals surface area contributed by atoms with Crippen LogP contribution < -0.4 is 5.32 Å². The van der Waals surface area contributed by atoms with Gasteiger partial charge in [-0.1, -0.05) is 11.6 Å². The summed E-state index contributed by atoms with van der Waals surface area (Å²) in [5.41, 5.74) is -0.188. The van der Waals surface area contributed by atoms with E-state index in [2.05, 4.69) is 5.32 Å². The maximum Gasteiger partial charge on any atom is 0.335 e. The van der Waals surface area contributed by atoms with Gasteiger partial charge >= 0.3 is 5.97 Å². The van der Waals surface area contributed by atoms with E-state index in [1.165, 1.54) is 12.1 Å². The minimum Gasteiger partial charge on any atom is -0.506 e. The SMILES string of the molecule is O=C(O)c1ccc(O)c(NC(=O)c2ccc(F)cc2Cl)c1. The van der Waals surface area contributed by atoms with Crippen LogP contribution in [0.5, 0.6) is 5.75 Å². The minimum absolute atomic E-state index is 0.00167. The molecule has 3 N–H and O–H groups in total. The number of carboxylic acids is 1. The lowest BCUT2D eigenvalue weighted by atomic mass is 10.1. The Balaban J connectivity index is 2.31. The Morgan fingerprint density at radius 1 is 1.14 bits per heavy atom. The summed E-state index contributed by atoms with van der Waals surface area (Å²) in [5.74, 6) is -2.79. The fourth-order valence-electron chi connectivity index (χ4n) is 1.63. The number of rotatable bonds is 3. The van der Waals surface area contributed by atoms with Crippen LogP contribution in [0.15, 0.2) is 36.4 Å². The van der Waals surface area contributed by atoms with Gasteiger partial charge in [0.1, 0.15) is 11.6 Å². The second kappa shape index (κ2) is 5.80. The predicted octanol–water partition coefficient (Wildman–Crippen LogP) is 3.14. The Morgan fingerprint density at radius 2 is 1.86 bits per heavy atom. The molecule has 0 aliphatic heterocycles. The number of carbonyl (C=O) groups is 2. The largest absolute Gasteiger partial charge is 0.506 e. The standard InChI is InChI=1S/C14H9ClFNO4/c15-10-6-8(16)2-3-9(10)13(19)17-11-5-7(14(20)21)1-4-12(11)18/h1-6,18H,(H,17,19)(H,20,21). The number of benzene rings is 2. The molecule has 0 spiro atoms. The van der Waals surface area contributed by atoms with Gasteiger partial charge in [-0.2, -0.15) is 0 Å². The lowest BCUT2D eigenvalue weighted by molar-refractivity contribution is 0.0696. The molecule has 2 rings (SSSR count). The van der Waals surface area contributed by atoms with Crippen molar-refractivity contribution in [2.75, 3.05) is 5.32 Å². The fourth-order valence-corrected chi connectivity index (χ4v) is 1.89. The van der Waals surface area contributed by atoms with E-state index in [1.807, 2.05) is 0 Å². The molecule has 5 nitrogen and oxygen atoms in total. The Bertz CT molecular complexity index is 733. The molecule has 0 aromatic heterocycles. The highest BCUT2D eigenvalue weighted by molar-refractivity contribution is 6.34. The summed E-state index contributed by atoms with van der Waals surface area (Å²) in [6, 6.07) is 6.67. The first-order chi connectivity index (χ1) is 9.88. The third kappa shape index (κ3) is 3.29.